The molecule has 3 N–H and O–H groups in total. The zero-order valence-corrected chi connectivity index (χ0v) is 19.9. The van der Waals surface area contributed by atoms with Crippen LogP contribution in [0.2, 0.25) is 0 Å². The monoisotopic (exact) mass is 518 g/mol. The third kappa shape index (κ3) is 6.36. The van der Waals surface area contributed by atoms with Gasteiger partial charge < -0.3 is 30.1 Å². The van der Waals surface area contributed by atoms with Crippen LogP contribution in [-0.2, 0) is 4.74 Å². The zero-order chi connectivity index (χ0) is 19.8. The van der Waals surface area contributed by atoms with Gasteiger partial charge in [0.1, 0.15) is 5.75 Å². The summed E-state index contributed by atoms with van der Waals surface area (Å²) in [4.78, 5) is 7.17. The molecule has 8 heteroatoms. The van der Waals surface area contributed by atoms with Gasteiger partial charge in [0.05, 0.1) is 25.9 Å². The van der Waals surface area contributed by atoms with E-state index in [-0.39, 0.29) is 36.0 Å². The second-order valence-electron chi connectivity index (χ2n) is 7.71. The van der Waals surface area contributed by atoms with Gasteiger partial charge in [0.2, 0.25) is 0 Å². The number of guanidine groups is 1. The number of aliphatic hydroxyl groups excluding tert-OH is 1. The van der Waals surface area contributed by atoms with Crippen molar-refractivity contribution in [2.75, 3.05) is 58.0 Å². The molecule has 1 atom stereocenters. The number of nitrogens with one attached hydrogen (secondary N) is 2. The van der Waals surface area contributed by atoms with Gasteiger partial charge in [-0.25, -0.2) is 0 Å². The Balaban J connectivity index is 0.00000300. The molecule has 2 saturated heterocycles. The van der Waals surface area contributed by atoms with Crippen LogP contribution in [0.25, 0.3) is 0 Å². The topological polar surface area (TPSA) is 78.4 Å². The predicted octanol–water partition coefficient (Wildman–Crippen LogP) is 2.24. The van der Waals surface area contributed by atoms with Crippen molar-refractivity contribution >= 4 is 35.6 Å². The molecule has 0 bridgehead atoms. The summed E-state index contributed by atoms with van der Waals surface area (Å²) < 4.78 is 11.0. The first-order valence-electron chi connectivity index (χ1n) is 10.3. The van der Waals surface area contributed by atoms with Crippen LogP contribution in [0.15, 0.2) is 29.3 Å². The van der Waals surface area contributed by atoms with Crippen molar-refractivity contribution in [3.05, 3.63) is 24.3 Å². The quantitative estimate of drug-likeness (QED) is 0.292. The summed E-state index contributed by atoms with van der Waals surface area (Å²) in [6.07, 6.45) is 2.76. The fraction of sp³-hybridized carbons (Fsp3) is 0.667. The Kier molecular flexibility index (Phi) is 9.78. The lowest BCUT2D eigenvalue weighted by molar-refractivity contribution is -0.0106. The number of hydrogen-bond donors (Lipinski definition) is 3. The Morgan fingerprint density at radius 2 is 2.10 bits per heavy atom. The van der Waals surface area contributed by atoms with Gasteiger partial charge in [-0.3, -0.25) is 4.99 Å². The number of hydrogen-bond acceptors (Lipinski definition) is 5. The number of aliphatic hydroxyl groups is 1. The van der Waals surface area contributed by atoms with E-state index >= 15 is 0 Å². The molecule has 0 amide bonds. The van der Waals surface area contributed by atoms with Gasteiger partial charge in [-0.1, -0.05) is 12.1 Å². The van der Waals surface area contributed by atoms with E-state index < -0.39 is 0 Å². The number of halogens is 1. The minimum absolute atomic E-state index is 0. The lowest BCUT2D eigenvalue weighted by Gasteiger charge is -2.34. The number of para-hydroxylation sites is 2. The Morgan fingerprint density at radius 3 is 2.79 bits per heavy atom. The second-order valence-corrected chi connectivity index (χ2v) is 7.71. The Morgan fingerprint density at radius 1 is 1.34 bits per heavy atom. The van der Waals surface area contributed by atoms with E-state index in [1.807, 2.05) is 18.2 Å². The lowest BCUT2D eigenvalue weighted by atomic mass is 9.81. The molecule has 0 aromatic heterocycles. The SMILES string of the molecule is CCNC(=NCC1(CO)CCOCC1)NC1CCN(c2ccccc2OC)C1.I. The highest BCUT2D eigenvalue weighted by Crippen LogP contribution is 2.31. The van der Waals surface area contributed by atoms with Crippen LogP contribution in [0.4, 0.5) is 5.69 Å². The van der Waals surface area contributed by atoms with Crippen molar-refractivity contribution in [3.63, 3.8) is 0 Å². The van der Waals surface area contributed by atoms with Gasteiger partial charge in [0.25, 0.3) is 0 Å². The largest absolute Gasteiger partial charge is 0.495 e. The second kappa shape index (κ2) is 11.8. The van der Waals surface area contributed by atoms with E-state index in [0.717, 1.165) is 56.3 Å². The molecule has 164 valence electrons. The molecule has 2 heterocycles. The minimum atomic E-state index is -0.153. The van der Waals surface area contributed by atoms with E-state index in [4.69, 9.17) is 14.5 Å². The van der Waals surface area contributed by atoms with Gasteiger partial charge in [0.15, 0.2) is 5.96 Å². The molecule has 2 aliphatic heterocycles. The molecule has 0 radical (unpaired) electrons. The molecular weight excluding hydrogens is 483 g/mol. The third-order valence-electron chi connectivity index (χ3n) is 5.76. The van der Waals surface area contributed by atoms with E-state index in [1.54, 1.807) is 7.11 Å². The molecule has 3 rings (SSSR count). The maximum atomic E-state index is 9.89. The lowest BCUT2D eigenvalue weighted by Crippen LogP contribution is -2.45. The predicted molar refractivity (Wildman–Crippen MR) is 128 cm³/mol. The summed E-state index contributed by atoms with van der Waals surface area (Å²) in [5, 5.41) is 16.8. The summed E-state index contributed by atoms with van der Waals surface area (Å²) in [6, 6.07) is 8.48. The number of anilines is 1. The maximum Gasteiger partial charge on any atom is 0.191 e. The number of aliphatic imine (C=N–C) groups is 1. The molecule has 2 aliphatic rings. The van der Waals surface area contributed by atoms with Crippen molar-refractivity contribution in [1.82, 2.24) is 10.6 Å². The average Bonchev–Trinajstić information content (AvgIpc) is 3.21. The van der Waals surface area contributed by atoms with Crippen LogP contribution in [-0.4, -0.2) is 70.2 Å². The average molecular weight is 518 g/mol. The Hall–Kier alpha value is -1.26. The fourth-order valence-corrected chi connectivity index (χ4v) is 3.92. The molecule has 1 aromatic rings. The highest BCUT2D eigenvalue weighted by molar-refractivity contribution is 14.0. The van der Waals surface area contributed by atoms with Gasteiger partial charge in [-0.15, -0.1) is 24.0 Å². The summed E-state index contributed by atoms with van der Waals surface area (Å²) in [5.41, 5.74) is 0.984. The molecule has 0 spiro atoms. The molecule has 0 saturated carbocycles. The third-order valence-corrected chi connectivity index (χ3v) is 5.76. The van der Waals surface area contributed by atoms with Crippen molar-refractivity contribution in [1.29, 1.82) is 0 Å². The molecule has 29 heavy (non-hydrogen) atoms. The molecule has 7 nitrogen and oxygen atoms in total. The first-order chi connectivity index (χ1) is 13.7. The van der Waals surface area contributed by atoms with Crippen LogP contribution < -0.4 is 20.3 Å². The molecule has 1 aromatic carbocycles. The van der Waals surface area contributed by atoms with Gasteiger partial charge in [-0.05, 0) is 38.3 Å². The highest BCUT2D eigenvalue weighted by Gasteiger charge is 2.32. The van der Waals surface area contributed by atoms with E-state index in [9.17, 15) is 5.11 Å². The minimum Gasteiger partial charge on any atom is -0.495 e. The zero-order valence-electron chi connectivity index (χ0n) is 17.5. The first-order valence-corrected chi connectivity index (χ1v) is 10.3. The van der Waals surface area contributed by atoms with Gasteiger partial charge in [-0.2, -0.15) is 0 Å². The van der Waals surface area contributed by atoms with Crippen LogP contribution in [0, 0.1) is 5.41 Å². The number of ether oxygens (including phenoxy) is 2. The van der Waals surface area contributed by atoms with Crippen molar-refractivity contribution in [3.8, 4) is 5.75 Å². The Labute approximate surface area is 191 Å². The number of nitrogens with zero attached hydrogens (tertiary/aromatic N) is 2. The molecule has 1 unspecified atom stereocenters. The highest BCUT2D eigenvalue weighted by atomic mass is 127. The summed E-state index contributed by atoms with van der Waals surface area (Å²) >= 11 is 0. The van der Waals surface area contributed by atoms with Crippen molar-refractivity contribution < 1.29 is 14.6 Å². The van der Waals surface area contributed by atoms with Crippen LogP contribution in [0.3, 0.4) is 0 Å². The molecule has 2 fully saturated rings. The maximum absolute atomic E-state index is 9.89. The van der Waals surface area contributed by atoms with Crippen molar-refractivity contribution in [2.45, 2.75) is 32.2 Å². The summed E-state index contributed by atoms with van der Waals surface area (Å²) in [6.45, 7) is 6.95. The van der Waals surface area contributed by atoms with Crippen LogP contribution in [0.5, 0.6) is 5.75 Å². The van der Waals surface area contributed by atoms with E-state index in [1.165, 1.54) is 0 Å². The van der Waals surface area contributed by atoms with E-state index in [2.05, 4.69) is 28.5 Å². The normalized spacial score (nSPS) is 21.4. The smallest absolute Gasteiger partial charge is 0.191 e. The Bertz CT molecular complexity index is 653. The van der Waals surface area contributed by atoms with Gasteiger partial charge >= 0.3 is 0 Å². The van der Waals surface area contributed by atoms with Gasteiger partial charge in [0, 0.05) is 44.3 Å². The number of rotatable bonds is 7. The summed E-state index contributed by atoms with van der Waals surface area (Å²) in [5.74, 6) is 1.74. The molecular formula is C21H35IN4O3. The summed E-state index contributed by atoms with van der Waals surface area (Å²) in [7, 11) is 1.72. The van der Waals surface area contributed by atoms with Crippen molar-refractivity contribution in [2.24, 2.45) is 10.4 Å². The van der Waals surface area contributed by atoms with Crippen LogP contribution >= 0.6 is 24.0 Å². The standard InChI is InChI=1S/C21H34N4O3.HI/c1-3-22-20(23-15-21(16-26)9-12-28-13-10-21)24-17-8-11-25(14-17)18-6-4-5-7-19(18)27-2;/h4-7,17,26H,3,8-16H2,1-2H3,(H2,22,23,24);1H. The first kappa shape index (κ1) is 24.0. The van der Waals surface area contributed by atoms with E-state index in [0.29, 0.717) is 25.8 Å². The number of benzene rings is 1. The van der Waals surface area contributed by atoms with Crippen LogP contribution in [0.1, 0.15) is 26.2 Å². The molecule has 0 aliphatic carbocycles. The number of methoxy groups -OCH3 is 1. The fourth-order valence-electron chi connectivity index (χ4n) is 3.92.